The van der Waals surface area contributed by atoms with Crippen LogP contribution in [0, 0.1) is 11.8 Å². The Morgan fingerprint density at radius 1 is 0.909 bits per heavy atom. The van der Waals surface area contributed by atoms with Crippen molar-refractivity contribution >= 4 is 0 Å². The van der Waals surface area contributed by atoms with Gasteiger partial charge < -0.3 is 15.3 Å². The lowest BCUT2D eigenvalue weighted by molar-refractivity contribution is 0.0122. The van der Waals surface area contributed by atoms with E-state index in [2.05, 4.69) is 40.3 Å². The summed E-state index contributed by atoms with van der Waals surface area (Å²) in [4.78, 5) is 0. The molecule has 0 aromatic carbocycles. The van der Waals surface area contributed by atoms with E-state index in [1.807, 2.05) is 27.7 Å². The van der Waals surface area contributed by atoms with Gasteiger partial charge in [0.15, 0.2) is 0 Å². The van der Waals surface area contributed by atoms with E-state index in [-0.39, 0.29) is 5.60 Å². The third kappa shape index (κ3) is 11.9. The molecule has 3 nitrogen and oxygen atoms in total. The molecular formula is C30H54O3. The van der Waals surface area contributed by atoms with Crippen LogP contribution in [-0.2, 0) is 0 Å². The van der Waals surface area contributed by atoms with Crippen LogP contribution < -0.4 is 0 Å². The van der Waals surface area contributed by atoms with E-state index in [0.717, 1.165) is 70.6 Å². The summed E-state index contributed by atoms with van der Waals surface area (Å²) in [7, 11) is 0. The van der Waals surface area contributed by atoms with Crippen LogP contribution in [0.1, 0.15) is 126 Å². The molecule has 0 bridgehead atoms. The van der Waals surface area contributed by atoms with Crippen molar-refractivity contribution < 1.29 is 15.3 Å². The molecule has 3 aliphatic carbocycles. The molecule has 3 aliphatic rings. The number of hydrogen-bond donors (Lipinski definition) is 3. The van der Waals surface area contributed by atoms with E-state index >= 15 is 0 Å². The van der Waals surface area contributed by atoms with Crippen molar-refractivity contribution in [2.24, 2.45) is 11.8 Å². The fourth-order valence-electron chi connectivity index (χ4n) is 4.93. The molecule has 2 saturated carbocycles. The van der Waals surface area contributed by atoms with Gasteiger partial charge in [-0.05, 0) is 138 Å². The first-order valence-electron chi connectivity index (χ1n) is 13.2. The summed E-state index contributed by atoms with van der Waals surface area (Å²) < 4.78 is 0. The summed E-state index contributed by atoms with van der Waals surface area (Å²) in [6.45, 7) is 20.2. The van der Waals surface area contributed by atoms with Gasteiger partial charge in [-0.2, -0.15) is 0 Å². The van der Waals surface area contributed by atoms with Gasteiger partial charge >= 0.3 is 0 Å². The van der Waals surface area contributed by atoms with Crippen molar-refractivity contribution in [1.82, 2.24) is 0 Å². The molecule has 0 aromatic heterocycles. The van der Waals surface area contributed by atoms with Gasteiger partial charge in [0.1, 0.15) is 0 Å². The molecule has 3 N–H and O–H groups in total. The van der Waals surface area contributed by atoms with Crippen molar-refractivity contribution in [3.05, 3.63) is 34.9 Å². The smallest absolute Gasteiger partial charge is 0.0625 e. The fraction of sp³-hybridized carbons (Fsp3) is 0.800. The van der Waals surface area contributed by atoms with Crippen LogP contribution in [0.25, 0.3) is 0 Å². The Kier molecular flexibility index (Phi) is 11.6. The molecule has 3 heteroatoms. The Hall–Kier alpha value is -0.900. The van der Waals surface area contributed by atoms with Crippen LogP contribution in [-0.4, -0.2) is 32.1 Å². The number of aliphatic hydroxyl groups is 3. The summed E-state index contributed by atoms with van der Waals surface area (Å²) in [6, 6.07) is 0. The summed E-state index contributed by atoms with van der Waals surface area (Å²) >= 11 is 0. The lowest BCUT2D eigenvalue weighted by Crippen LogP contribution is -2.31. The number of hydrogen-bond acceptors (Lipinski definition) is 3. The maximum absolute atomic E-state index is 9.70. The SMILES string of the molecule is C=C(C)C1CCC(C)(O)CC1.CC(C)=C1CCC(C)(O)CC1.CC1=CC[C@@H](C(C)(C)O)CC1. The number of allylic oxidation sites excluding steroid dienone is 5. The minimum atomic E-state index is -0.489. The van der Waals surface area contributed by atoms with E-state index in [4.69, 9.17) is 0 Å². The van der Waals surface area contributed by atoms with Gasteiger partial charge in [-0.1, -0.05) is 34.9 Å². The van der Waals surface area contributed by atoms with Crippen molar-refractivity contribution in [2.75, 3.05) is 0 Å². The van der Waals surface area contributed by atoms with Crippen LogP contribution in [0.5, 0.6) is 0 Å². The predicted molar refractivity (Wildman–Crippen MR) is 142 cm³/mol. The Bertz CT molecular complexity index is 662. The van der Waals surface area contributed by atoms with E-state index in [1.54, 1.807) is 5.57 Å². The second-order valence-electron chi connectivity index (χ2n) is 12.4. The van der Waals surface area contributed by atoms with Crippen LogP contribution >= 0.6 is 0 Å². The molecule has 192 valence electrons. The van der Waals surface area contributed by atoms with Gasteiger partial charge in [-0.25, -0.2) is 0 Å². The predicted octanol–water partition coefficient (Wildman–Crippen LogP) is 7.66. The van der Waals surface area contributed by atoms with E-state index in [0.29, 0.717) is 11.8 Å². The average molecular weight is 463 g/mol. The van der Waals surface area contributed by atoms with Gasteiger partial charge in [0.25, 0.3) is 0 Å². The van der Waals surface area contributed by atoms with Gasteiger partial charge in [0.05, 0.1) is 16.8 Å². The van der Waals surface area contributed by atoms with Gasteiger partial charge in [0.2, 0.25) is 0 Å². The van der Waals surface area contributed by atoms with E-state index < -0.39 is 11.2 Å². The van der Waals surface area contributed by atoms with Crippen molar-refractivity contribution in [3.63, 3.8) is 0 Å². The monoisotopic (exact) mass is 462 g/mol. The van der Waals surface area contributed by atoms with Gasteiger partial charge in [0, 0.05) is 0 Å². The molecule has 0 heterocycles. The lowest BCUT2D eigenvalue weighted by Gasteiger charge is -2.33. The zero-order valence-electron chi connectivity index (χ0n) is 23.1. The molecule has 2 fully saturated rings. The highest BCUT2D eigenvalue weighted by Crippen LogP contribution is 2.35. The Morgan fingerprint density at radius 3 is 1.76 bits per heavy atom. The molecule has 0 unspecified atom stereocenters. The third-order valence-corrected chi connectivity index (χ3v) is 8.03. The molecule has 0 aliphatic heterocycles. The van der Waals surface area contributed by atoms with Crippen molar-refractivity contribution in [2.45, 2.75) is 143 Å². The first kappa shape index (κ1) is 30.1. The third-order valence-electron chi connectivity index (χ3n) is 8.03. The van der Waals surface area contributed by atoms with E-state index in [9.17, 15) is 15.3 Å². The largest absolute Gasteiger partial charge is 0.390 e. The van der Waals surface area contributed by atoms with Gasteiger partial charge in [-0.15, -0.1) is 0 Å². The molecule has 0 amide bonds. The molecule has 0 spiro atoms. The minimum absolute atomic E-state index is 0.390. The Labute approximate surface area is 205 Å². The lowest BCUT2D eigenvalue weighted by atomic mass is 9.77. The quantitative estimate of drug-likeness (QED) is 0.369. The standard InChI is InChI=1S/3C10H18O/c1-8-4-6-9(7-5-8)10(2,3)11;2*1-8(2)9-4-6-10(3,11)7-5-9/h4,9,11H,5-7H2,1-3H3;11H,4-7H2,1-3H3;9,11H,1,4-7H2,2-3H3/t9-;;/m1../s1. The van der Waals surface area contributed by atoms with Crippen molar-refractivity contribution in [1.29, 1.82) is 0 Å². The molecular weight excluding hydrogens is 408 g/mol. The van der Waals surface area contributed by atoms with Gasteiger partial charge in [-0.3, -0.25) is 0 Å². The first-order valence-corrected chi connectivity index (χ1v) is 13.2. The zero-order chi connectivity index (χ0) is 25.4. The molecule has 3 rings (SSSR count). The Morgan fingerprint density at radius 2 is 1.39 bits per heavy atom. The molecule has 0 saturated heterocycles. The maximum atomic E-state index is 9.70. The van der Waals surface area contributed by atoms with Crippen LogP contribution in [0.15, 0.2) is 34.9 Å². The highest BCUT2D eigenvalue weighted by Gasteiger charge is 2.29. The maximum Gasteiger partial charge on any atom is 0.0625 e. The zero-order valence-corrected chi connectivity index (χ0v) is 23.1. The highest BCUT2D eigenvalue weighted by atomic mass is 16.3. The minimum Gasteiger partial charge on any atom is -0.390 e. The molecule has 33 heavy (non-hydrogen) atoms. The van der Waals surface area contributed by atoms with Crippen LogP contribution in [0.3, 0.4) is 0 Å². The fourth-order valence-corrected chi connectivity index (χ4v) is 4.93. The average Bonchev–Trinajstić information content (AvgIpc) is 2.68. The number of rotatable bonds is 2. The molecule has 0 aromatic rings. The van der Waals surface area contributed by atoms with Crippen molar-refractivity contribution in [3.8, 4) is 0 Å². The van der Waals surface area contributed by atoms with E-state index in [1.165, 1.54) is 16.7 Å². The summed E-state index contributed by atoms with van der Waals surface area (Å²) in [6.07, 6.45) is 13.8. The Balaban J connectivity index is 0.000000247. The summed E-state index contributed by atoms with van der Waals surface area (Å²) in [5.74, 6) is 1.13. The van der Waals surface area contributed by atoms with Crippen LogP contribution in [0.4, 0.5) is 0 Å². The molecule has 1 atom stereocenters. The summed E-state index contributed by atoms with van der Waals surface area (Å²) in [5.41, 5.74) is 4.48. The summed E-state index contributed by atoms with van der Waals surface area (Å²) in [5, 5.41) is 29.0. The highest BCUT2D eigenvalue weighted by molar-refractivity contribution is 5.13. The molecule has 0 radical (unpaired) electrons. The second-order valence-corrected chi connectivity index (χ2v) is 12.4. The van der Waals surface area contributed by atoms with Crippen LogP contribution in [0.2, 0.25) is 0 Å². The normalized spacial score (nSPS) is 32.5. The topological polar surface area (TPSA) is 60.7 Å². The first-order chi connectivity index (χ1) is 15.0. The second kappa shape index (κ2) is 12.7.